The Balaban J connectivity index is 1.93. The molecule has 0 spiro atoms. The third-order valence-electron chi connectivity index (χ3n) is 3.49. The number of hydrogen-bond acceptors (Lipinski definition) is 3. The van der Waals surface area contributed by atoms with Crippen LogP contribution in [-0.4, -0.2) is 30.7 Å². The molecule has 0 bridgehead atoms. The first kappa shape index (κ1) is 17.5. The molecule has 116 valence electrons. The van der Waals surface area contributed by atoms with Crippen molar-refractivity contribution >= 4 is 0 Å². The summed E-state index contributed by atoms with van der Waals surface area (Å²) in [6, 6.07) is 0. The van der Waals surface area contributed by atoms with Gasteiger partial charge in [0.05, 0.1) is 0 Å². The average Bonchev–Trinajstić information content (AvgIpc) is 2.48. The van der Waals surface area contributed by atoms with Crippen LogP contribution >= 0.6 is 0 Å². The average molecular weight is 282 g/mol. The fourth-order valence-electron chi connectivity index (χ4n) is 2.24. The van der Waals surface area contributed by atoms with Crippen molar-refractivity contribution in [3.05, 3.63) is 0 Å². The van der Waals surface area contributed by atoms with Crippen LogP contribution in [0.15, 0.2) is 0 Å². The van der Waals surface area contributed by atoms with E-state index in [1.807, 2.05) is 0 Å². The van der Waals surface area contributed by atoms with Crippen molar-refractivity contribution in [3.8, 4) is 11.8 Å². The van der Waals surface area contributed by atoms with Gasteiger partial charge in [-0.1, -0.05) is 32.1 Å². The quantitative estimate of drug-likeness (QED) is 0.518. The van der Waals surface area contributed by atoms with Crippen molar-refractivity contribution in [2.45, 2.75) is 83.5 Å². The normalized spacial score (nSPS) is 20.2. The fraction of sp³-hybridized carbons (Fsp3) is 0.882. The lowest BCUT2D eigenvalue weighted by Gasteiger charge is -2.22. The van der Waals surface area contributed by atoms with Crippen LogP contribution in [0.25, 0.3) is 0 Å². The third kappa shape index (κ3) is 9.36. The molecule has 0 aromatic carbocycles. The smallest absolute Gasteiger partial charge is 0.157 e. The largest absolute Gasteiger partial charge is 0.380 e. The van der Waals surface area contributed by atoms with Gasteiger partial charge >= 0.3 is 0 Å². The van der Waals surface area contributed by atoms with E-state index in [1.54, 1.807) is 0 Å². The van der Waals surface area contributed by atoms with Gasteiger partial charge in [0.25, 0.3) is 0 Å². The number of ether oxygens (including phenoxy) is 2. The summed E-state index contributed by atoms with van der Waals surface area (Å²) in [5.41, 5.74) is 0. The number of unbranched alkanes of at least 4 members (excludes halogenated alkanes) is 4. The maximum absolute atomic E-state index is 9.73. The van der Waals surface area contributed by atoms with Crippen molar-refractivity contribution < 1.29 is 14.6 Å². The lowest BCUT2D eigenvalue weighted by molar-refractivity contribution is -0.163. The maximum Gasteiger partial charge on any atom is 0.157 e. The van der Waals surface area contributed by atoms with Gasteiger partial charge in [0.2, 0.25) is 0 Å². The molecule has 1 aliphatic heterocycles. The molecular formula is C17H30O3. The highest BCUT2D eigenvalue weighted by Gasteiger charge is 2.13. The second-order valence-corrected chi connectivity index (χ2v) is 5.46. The lowest BCUT2D eigenvalue weighted by Crippen LogP contribution is -2.22. The molecule has 0 radical (unpaired) electrons. The van der Waals surface area contributed by atoms with Gasteiger partial charge in [-0.2, -0.15) is 0 Å². The highest BCUT2D eigenvalue weighted by molar-refractivity contribution is 5.04. The Kier molecular flexibility index (Phi) is 10.7. The van der Waals surface area contributed by atoms with E-state index < -0.39 is 6.10 Å². The van der Waals surface area contributed by atoms with Crippen LogP contribution in [0.5, 0.6) is 0 Å². The molecule has 0 saturated carbocycles. The molecule has 0 amide bonds. The van der Waals surface area contributed by atoms with E-state index in [2.05, 4.69) is 18.8 Å². The zero-order valence-electron chi connectivity index (χ0n) is 12.9. The molecule has 0 aromatic rings. The van der Waals surface area contributed by atoms with Crippen LogP contribution in [0.4, 0.5) is 0 Å². The highest BCUT2D eigenvalue weighted by atomic mass is 16.7. The van der Waals surface area contributed by atoms with Crippen molar-refractivity contribution in [1.82, 2.24) is 0 Å². The van der Waals surface area contributed by atoms with Gasteiger partial charge in [-0.3, -0.25) is 0 Å². The molecule has 3 nitrogen and oxygen atoms in total. The second-order valence-electron chi connectivity index (χ2n) is 5.46. The number of aliphatic hydroxyl groups is 1. The first-order chi connectivity index (χ1) is 9.83. The van der Waals surface area contributed by atoms with E-state index >= 15 is 0 Å². The summed E-state index contributed by atoms with van der Waals surface area (Å²) in [4.78, 5) is 0. The number of rotatable bonds is 9. The molecule has 1 heterocycles. The van der Waals surface area contributed by atoms with Gasteiger partial charge < -0.3 is 14.6 Å². The Hall–Kier alpha value is -0.560. The summed E-state index contributed by atoms with van der Waals surface area (Å²) in [6.07, 6.45) is 10.2. The summed E-state index contributed by atoms with van der Waals surface area (Å²) >= 11 is 0. The topological polar surface area (TPSA) is 38.7 Å². The fourth-order valence-corrected chi connectivity index (χ4v) is 2.24. The molecule has 0 aliphatic carbocycles. The molecule has 1 N–H and O–H groups in total. The Morgan fingerprint density at radius 1 is 1.25 bits per heavy atom. The van der Waals surface area contributed by atoms with E-state index in [4.69, 9.17) is 9.47 Å². The van der Waals surface area contributed by atoms with Gasteiger partial charge in [-0.25, -0.2) is 0 Å². The summed E-state index contributed by atoms with van der Waals surface area (Å²) in [6.45, 7) is 3.67. The van der Waals surface area contributed by atoms with E-state index in [0.717, 1.165) is 38.7 Å². The van der Waals surface area contributed by atoms with Gasteiger partial charge in [0, 0.05) is 19.6 Å². The van der Waals surface area contributed by atoms with Crippen LogP contribution in [0.3, 0.4) is 0 Å². The van der Waals surface area contributed by atoms with E-state index in [0.29, 0.717) is 13.0 Å². The molecule has 0 aromatic heterocycles. The number of aliphatic hydroxyl groups excluding tert-OH is 1. The molecule has 1 fully saturated rings. The molecule has 1 aliphatic rings. The minimum atomic E-state index is -0.503. The first-order valence-electron chi connectivity index (χ1n) is 8.22. The lowest BCUT2D eigenvalue weighted by atomic mass is 10.1. The van der Waals surface area contributed by atoms with E-state index in [1.165, 1.54) is 25.7 Å². The maximum atomic E-state index is 9.73. The van der Waals surface area contributed by atoms with Crippen molar-refractivity contribution in [2.24, 2.45) is 0 Å². The monoisotopic (exact) mass is 282 g/mol. The van der Waals surface area contributed by atoms with E-state index in [-0.39, 0.29) is 6.29 Å². The first-order valence-corrected chi connectivity index (χ1v) is 8.22. The van der Waals surface area contributed by atoms with Crippen molar-refractivity contribution in [2.75, 3.05) is 13.2 Å². The van der Waals surface area contributed by atoms with Gasteiger partial charge in [0.15, 0.2) is 6.29 Å². The SMILES string of the molecule is CCCCCCC#C[C@H](O)CCCOC1CCCCO1. The summed E-state index contributed by atoms with van der Waals surface area (Å²) in [5.74, 6) is 5.99. The third-order valence-corrected chi connectivity index (χ3v) is 3.49. The Morgan fingerprint density at radius 2 is 2.15 bits per heavy atom. The van der Waals surface area contributed by atoms with Gasteiger partial charge in [0.1, 0.15) is 6.10 Å². The molecule has 1 saturated heterocycles. The second kappa shape index (κ2) is 12.2. The van der Waals surface area contributed by atoms with Crippen LogP contribution in [-0.2, 0) is 9.47 Å². The van der Waals surface area contributed by atoms with Crippen LogP contribution in [0.2, 0.25) is 0 Å². The predicted octanol–water partition coefficient (Wildman–Crippen LogP) is 3.64. The van der Waals surface area contributed by atoms with Gasteiger partial charge in [-0.15, -0.1) is 5.92 Å². The molecule has 1 rings (SSSR count). The molecule has 1 unspecified atom stereocenters. The van der Waals surface area contributed by atoms with Crippen LogP contribution in [0, 0.1) is 11.8 Å². The van der Waals surface area contributed by atoms with Crippen LogP contribution in [0.1, 0.15) is 71.1 Å². The standard InChI is InChI=1S/C17H30O3/c1-2-3-4-5-6-7-11-16(18)12-10-15-20-17-13-8-9-14-19-17/h16-18H,2-6,8-10,12-15H2,1H3/t16-,17?/m0/s1. The predicted molar refractivity (Wildman–Crippen MR) is 81.3 cm³/mol. The minimum absolute atomic E-state index is 0.0226. The van der Waals surface area contributed by atoms with Crippen LogP contribution < -0.4 is 0 Å². The Labute approximate surface area is 124 Å². The summed E-state index contributed by atoms with van der Waals surface area (Å²) in [5, 5.41) is 9.73. The minimum Gasteiger partial charge on any atom is -0.380 e. The molecule has 3 heteroatoms. The van der Waals surface area contributed by atoms with Gasteiger partial charge in [-0.05, 0) is 38.5 Å². The van der Waals surface area contributed by atoms with E-state index in [9.17, 15) is 5.11 Å². The Morgan fingerprint density at radius 3 is 2.90 bits per heavy atom. The number of hydrogen-bond donors (Lipinski definition) is 1. The van der Waals surface area contributed by atoms with Crippen molar-refractivity contribution in [3.63, 3.8) is 0 Å². The van der Waals surface area contributed by atoms with Crippen molar-refractivity contribution in [1.29, 1.82) is 0 Å². The zero-order valence-corrected chi connectivity index (χ0v) is 12.9. The molecule has 2 atom stereocenters. The summed E-state index contributed by atoms with van der Waals surface area (Å²) < 4.78 is 11.1. The Bertz CT molecular complexity index is 274. The molecular weight excluding hydrogens is 252 g/mol. The zero-order chi connectivity index (χ0) is 14.5. The molecule has 20 heavy (non-hydrogen) atoms. The summed E-state index contributed by atoms with van der Waals surface area (Å²) in [7, 11) is 0. The highest BCUT2D eigenvalue weighted by Crippen LogP contribution is 2.14.